The summed E-state index contributed by atoms with van der Waals surface area (Å²) < 4.78 is 0. The van der Waals surface area contributed by atoms with Gasteiger partial charge in [0.2, 0.25) is 0 Å². The Balaban J connectivity index is 2.24. The molecule has 0 fully saturated rings. The number of aromatic nitrogens is 1. The van der Waals surface area contributed by atoms with Gasteiger partial charge < -0.3 is 10.0 Å². The summed E-state index contributed by atoms with van der Waals surface area (Å²) in [4.78, 5) is 17.4. The maximum atomic E-state index is 10.9. The van der Waals surface area contributed by atoms with Gasteiger partial charge in [-0.3, -0.25) is 9.78 Å². The van der Waals surface area contributed by atoms with Crippen LogP contribution in [-0.4, -0.2) is 34.6 Å². The molecule has 0 aromatic carbocycles. The first-order valence-electron chi connectivity index (χ1n) is 5.94. The van der Waals surface area contributed by atoms with E-state index in [4.69, 9.17) is 5.11 Å². The molecule has 92 valence electrons. The monoisotopic (exact) mass is 234 g/mol. The van der Waals surface area contributed by atoms with Crippen LogP contribution in [0.3, 0.4) is 0 Å². The van der Waals surface area contributed by atoms with Crippen LogP contribution in [-0.2, 0) is 24.2 Å². The zero-order chi connectivity index (χ0) is 12.4. The lowest BCUT2D eigenvalue weighted by Gasteiger charge is -2.26. The predicted octanol–water partition coefficient (Wildman–Crippen LogP) is 1.33. The summed E-state index contributed by atoms with van der Waals surface area (Å²) in [7, 11) is 2.09. The minimum Gasteiger partial charge on any atom is -0.481 e. The van der Waals surface area contributed by atoms with E-state index in [1.165, 1.54) is 11.1 Å². The normalized spacial score (nSPS) is 17.5. The number of nitrogens with zero attached hydrogens (tertiary/aromatic N) is 2. The van der Waals surface area contributed by atoms with Crippen molar-refractivity contribution < 1.29 is 9.90 Å². The number of carboxylic acids is 1. The standard InChI is InChI=1S/C13H18N2O2/c1-9(13(16)17)5-10-6-14-7-11-8-15(2)4-3-12(10)11/h6-7,9H,3-5,8H2,1-2H3,(H,16,17). The van der Waals surface area contributed by atoms with Crippen molar-refractivity contribution in [3.8, 4) is 0 Å². The quantitative estimate of drug-likeness (QED) is 0.857. The Morgan fingerprint density at radius 2 is 2.35 bits per heavy atom. The van der Waals surface area contributed by atoms with Gasteiger partial charge in [0.05, 0.1) is 5.92 Å². The van der Waals surface area contributed by atoms with Gasteiger partial charge >= 0.3 is 5.97 Å². The van der Waals surface area contributed by atoms with Crippen LogP contribution in [0.1, 0.15) is 23.6 Å². The molecule has 0 radical (unpaired) electrons. The molecule has 1 aromatic rings. The largest absolute Gasteiger partial charge is 0.481 e. The number of likely N-dealkylation sites (N-methyl/N-ethyl adjacent to an activating group) is 1. The second-order valence-corrected chi connectivity index (χ2v) is 4.87. The van der Waals surface area contributed by atoms with Crippen molar-refractivity contribution >= 4 is 5.97 Å². The van der Waals surface area contributed by atoms with E-state index in [2.05, 4.69) is 16.9 Å². The number of pyridine rings is 1. The van der Waals surface area contributed by atoms with E-state index < -0.39 is 5.97 Å². The van der Waals surface area contributed by atoms with Crippen molar-refractivity contribution in [1.29, 1.82) is 0 Å². The number of carboxylic acid groups (broad SMARTS) is 1. The fraction of sp³-hybridized carbons (Fsp3) is 0.538. The molecule has 17 heavy (non-hydrogen) atoms. The van der Waals surface area contributed by atoms with E-state index in [0.29, 0.717) is 6.42 Å². The summed E-state index contributed by atoms with van der Waals surface area (Å²) in [6.07, 6.45) is 5.30. The minimum absolute atomic E-state index is 0.344. The third kappa shape index (κ3) is 2.64. The molecule has 1 N–H and O–H groups in total. The van der Waals surface area contributed by atoms with E-state index in [1.54, 1.807) is 6.92 Å². The van der Waals surface area contributed by atoms with E-state index in [1.807, 2.05) is 12.4 Å². The predicted molar refractivity (Wildman–Crippen MR) is 64.8 cm³/mol. The maximum Gasteiger partial charge on any atom is 0.306 e. The highest BCUT2D eigenvalue weighted by Gasteiger charge is 2.19. The van der Waals surface area contributed by atoms with E-state index in [9.17, 15) is 4.79 Å². The highest BCUT2D eigenvalue weighted by atomic mass is 16.4. The number of aliphatic carboxylic acids is 1. The fourth-order valence-electron chi connectivity index (χ4n) is 2.30. The summed E-state index contributed by atoms with van der Waals surface area (Å²) >= 11 is 0. The Morgan fingerprint density at radius 3 is 3.06 bits per heavy atom. The van der Waals surface area contributed by atoms with Gasteiger partial charge in [0, 0.05) is 25.5 Å². The first-order valence-corrected chi connectivity index (χ1v) is 5.94. The van der Waals surface area contributed by atoms with Gasteiger partial charge in [-0.1, -0.05) is 6.92 Å². The van der Waals surface area contributed by atoms with Crippen LogP contribution in [0.15, 0.2) is 12.4 Å². The zero-order valence-electron chi connectivity index (χ0n) is 10.3. The van der Waals surface area contributed by atoms with Gasteiger partial charge in [0.1, 0.15) is 0 Å². The summed E-state index contributed by atoms with van der Waals surface area (Å²) in [5.41, 5.74) is 3.66. The molecule has 2 rings (SSSR count). The lowest BCUT2D eigenvalue weighted by Crippen LogP contribution is -2.28. The summed E-state index contributed by atoms with van der Waals surface area (Å²) in [5.74, 6) is -1.08. The minimum atomic E-state index is -0.740. The first kappa shape index (κ1) is 12.0. The summed E-state index contributed by atoms with van der Waals surface area (Å²) in [5, 5.41) is 8.96. The first-order chi connectivity index (χ1) is 8.08. The Hall–Kier alpha value is -1.42. The van der Waals surface area contributed by atoms with Gasteiger partial charge in [-0.25, -0.2) is 0 Å². The number of fused-ring (bicyclic) bond motifs is 1. The summed E-state index contributed by atoms with van der Waals surface area (Å²) in [6.45, 7) is 3.69. The smallest absolute Gasteiger partial charge is 0.306 e. The van der Waals surface area contributed by atoms with E-state index >= 15 is 0 Å². The third-order valence-corrected chi connectivity index (χ3v) is 3.37. The highest BCUT2D eigenvalue weighted by molar-refractivity contribution is 5.70. The van der Waals surface area contributed by atoms with Gasteiger partial charge in [0.25, 0.3) is 0 Å². The number of hydrogen-bond donors (Lipinski definition) is 1. The molecule has 1 atom stereocenters. The number of carbonyl (C=O) groups is 1. The molecule has 2 heterocycles. The molecule has 0 saturated heterocycles. The lowest BCUT2D eigenvalue weighted by molar-refractivity contribution is -0.141. The molecule has 0 amide bonds. The van der Waals surface area contributed by atoms with Crippen molar-refractivity contribution in [2.75, 3.05) is 13.6 Å². The molecule has 0 saturated carbocycles. The van der Waals surface area contributed by atoms with Gasteiger partial charge in [0.15, 0.2) is 0 Å². The van der Waals surface area contributed by atoms with Crippen molar-refractivity contribution in [3.05, 3.63) is 29.1 Å². The number of hydrogen-bond acceptors (Lipinski definition) is 3. The van der Waals surface area contributed by atoms with Gasteiger partial charge in [-0.15, -0.1) is 0 Å². The molecule has 0 aliphatic carbocycles. The fourth-order valence-corrected chi connectivity index (χ4v) is 2.30. The maximum absolute atomic E-state index is 10.9. The molecule has 1 aliphatic heterocycles. The SMILES string of the molecule is CC(Cc1cncc2c1CCN(C)C2)C(=O)O. The van der Waals surface area contributed by atoms with Crippen LogP contribution >= 0.6 is 0 Å². The van der Waals surface area contributed by atoms with Crippen LogP contribution in [0.25, 0.3) is 0 Å². The van der Waals surface area contributed by atoms with Crippen LogP contribution in [0.5, 0.6) is 0 Å². The second-order valence-electron chi connectivity index (χ2n) is 4.87. The Labute approximate surface area is 101 Å². The summed E-state index contributed by atoms with van der Waals surface area (Å²) in [6, 6.07) is 0. The molecule has 1 aromatic heterocycles. The zero-order valence-corrected chi connectivity index (χ0v) is 10.3. The second kappa shape index (κ2) is 4.84. The van der Waals surface area contributed by atoms with Crippen molar-refractivity contribution in [2.45, 2.75) is 26.3 Å². The topological polar surface area (TPSA) is 53.4 Å². The van der Waals surface area contributed by atoms with Crippen LogP contribution < -0.4 is 0 Å². The third-order valence-electron chi connectivity index (χ3n) is 3.37. The van der Waals surface area contributed by atoms with Gasteiger partial charge in [-0.2, -0.15) is 0 Å². The Morgan fingerprint density at radius 1 is 1.59 bits per heavy atom. The lowest BCUT2D eigenvalue weighted by atomic mass is 9.92. The molecule has 1 unspecified atom stereocenters. The average molecular weight is 234 g/mol. The molecular weight excluding hydrogens is 216 g/mol. The molecule has 0 spiro atoms. The van der Waals surface area contributed by atoms with Crippen molar-refractivity contribution in [2.24, 2.45) is 5.92 Å². The highest BCUT2D eigenvalue weighted by Crippen LogP contribution is 2.22. The Bertz CT molecular complexity index is 431. The van der Waals surface area contributed by atoms with E-state index in [0.717, 1.165) is 25.1 Å². The molecule has 4 nitrogen and oxygen atoms in total. The Kier molecular flexibility index (Phi) is 3.43. The van der Waals surface area contributed by atoms with Crippen molar-refractivity contribution in [3.63, 3.8) is 0 Å². The van der Waals surface area contributed by atoms with Crippen LogP contribution in [0.4, 0.5) is 0 Å². The molecule has 0 bridgehead atoms. The van der Waals surface area contributed by atoms with E-state index in [-0.39, 0.29) is 5.92 Å². The van der Waals surface area contributed by atoms with Crippen molar-refractivity contribution in [1.82, 2.24) is 9.88 Å². The average Bonchev–Trinajstić information content (AvgIpc) is 2.28. The number of rotatable bonds is 3. The van der Waals surface area contributed by atoms with Crippen LogP contribution in [0, 0.1) is 5.92 Å². The molecule has 4 heteroatoms. The molecular formula is C13H18N2O2. The van der Waals surface area contributed by atoms with Gasteiger partial charge in [-0.05, 0) is 36.6 Å². The molecule has 1 aliphatic rings. The van der Waals surface area contributed by atoms with Crippen LogP contribution in [0.2, 0.25) is 0 Å².